The zero-order valence-electron chi connectivity index (χ0n) is 14.0. The van der Waals surface area contributed by atoms with Crippen molar-refractivity contribution in [1.29, 1.82) is 0 Å². The Morgan fingerprint density at radius 2 is 2.04 bits per heavy atom. The minimum Gasteiger partial charge on any atom is -0.369 e. The van der Waals surface area contributed by atoms with Crippen LogP contribution in [0.2, 0.25) is 5.02 Å². The third kappa shape index (κ3) is 3.99. The van der Waals surface area contributed by atoms with E-state index in [2.05, 4.69) is 26.1 Å². The number of benzene rings is 1. The molecule has 2 heterocycles. The van der Waals surface area contributed by atoms with Gasteiger partial charge in [-0.25, -0.2) is 9.89 Å². The Balaban J connectivity index is 1.45. The van der Waals surface area contributed by atoms with E-state index < -0.39 is 0 Å². The zero-order valence-corrected chi connectivity index (χ0v) is 14.8. The molecule has 0 amide bonds. The standard InChI is InChI=1S/C17H24ClN5O/c1-2-23-16(19-20-17(23)24)7-4-8-21-9-11-22(12-10-21)15-6-3-5-14(18)13-15/h3,5-6,13H,2,4,7-12H2,1H3,(H,20,24). The van der Waals surface area contributed by atoms with Crippen LogP contribution in [-0.2, 0) is 13.0 Å². The lowest BCUT2D eigenvalue weighted by Crippen LogP contribution is -2.46. The van der Waals surface area contributed by atoms with Crippen LogP contribution in [0, 0.1) is 0 Å². The Labute approximate surface area is 147 Å². The second-order valence-corrected chi connectivity index (χ2v) is 6.54. The maximum Gasteiger partial charge on any atom is 0.343 e. The quantitative estimate of drug-likeness (QED) is 0.866. The Morgan fingerprint density at radius 3 is 2.75 bits per heavy atom. The fourth-order valence-corrected chi connectivity index (χ4v) is 3.42. The van der Waals surface area contributed by atoms with Gasteiger partial charge in [-0.15, -0.1) is 0 Å². The molecule has 130 valence electrons. The molecule has 1 aromatic heterocycles. The lowest BCUT2D eigenvalue weighted by molar-refractivity contribution is 0.254. The minimum absolute atomic E-state index is 0.109. The highest BCUT2D eigenvalue weighted by Gasteiger charge is 2.17. The van der Waals surface area contributed by atoms with E-state index in [1.54, 1.807) is 4.57 Å². The van der Waals surface area contributed by atoms with Crippen LogP contribution in [0.3, 0.4) is 0 Å². The van der Waals surface area contributed by atoms with Crippen molar-refractivity contribution in [2.75, 3.05) is 37.6 Å². The van der Waals surface area contributed by atoms with Crippen LogP contribution < -0.4 is 10.6 Å². The van der Waals surface area contributed by atoms with Crippen LogP contribution in [0.15, 0.2) is 29.1 Å². The number of anilines is 1. The summed E-state index contributed by atoms with van der Waals surface area (Å²) < 4.78 is 1.71. The molecule has 0 unspecified atom stereocenters. The fraction of sp³-hybridized carbons (Fsp3) is 0.529. The third-order valence-corrected chi connectivity index (χ3v) is 4.81. The second kappa shape index (κ2) is 7.85. The Hall–Kier alpha value is -1.79. The van der Waals surface area contributed by atoms with Crippen molar-refractivity contribution in [2.45, 2.75) is 26.3 Å². The summed E-state index contributed by atoms with van der Waals surface area (Å²) in [5, 5.41) is 7.43. The molecule has 0 saturated carbocycles. The third-order valence-electron chi connectivity index (χ3n) is 4.57. The highest BCUT2D eigenvalue weighted by molar-refractivity contribution is 6.30. The monoisotopic (exact) mass is 349 g/mol. The van der Waals surface area contributed by atoms with Gasteiger partial charge in [0.1, 0.15) is 5.82 Å². The van der Waals surface area contributed by atoms with E-state index in [9.17, 15) is 4.79 Å². The molecule has 3 rings (SSSR count). The number of piperazine rings is 1. The lowest BCUT2D eigenvalue weighted by Gasteiger charge is -2.36. The molecule has 0 atom stereocenters. The number of aromatic amines is 1. The average Bonchev–Trinajstić information content (AvgIpc) is 2.95. The van der Waals surface area contributed by atoms with Gasteiger partial charge < -0.3 is 4.90 Å². The van der Waals surface area contributed by atoms with E-state index in [1.165, 1.54) is 5.69 Å². The molecule has 0 bridgehead atoms. The van der Waals surface area contributed by atoms with Gasteiger partial charge in [0.25, 0.3) is 0 Å². The lowest BCUT2D eigenvalue weighted by atomic mass is 10.2. The molecule has 1 aliphatic rings. The Morgan fingerprint density at radius 1 is 1.25 bits per heavy atom. The predicted octanol–water partition coefficient (Wildman–Crippen LogP) is 2.00. The van der Waals surface area contributed by atoms with Gasteiger partial charge in [0.2, 0.25) is 0 Å². The number of halogens is 1. The summed E-state index contributed by atoms with van der Waals surface area (Å²) in [6.07, 6.45) is 1.85. The first-order valence-electron chi connectivity index (χ1n) is 8.54. The van der Waals surface area contributed by atoms with E-state index in [0.717, 1.165) is 56.4 Å². The number of H-pyrrole nitrogens is 1. The zero-order chi connectivity index (χ0) is 16.9. The maximum absolute atomic E-state index is 11.6. The van der Waals surface area contributed by atoms with Crippen molar-refractivity contribution >= 4 is 17.3 Å². The van der Waals surface area contributed by atoms with Crippen molar-refractivity contribution in [1.82, 2.24) is 19.7 Å². The molecule has 6 nitrogen and oxygen atoms in total. The molecule has 24 heavy (non-hydrogen) atoms. The molecule has 0 radical (unpaired) electrons. The van der Waals surface area contributed by atoms with Crippen LogP contribution in [0.4, 0.5) is 5.69 Å². The number of hydrogen-bond donors (Lipinski definition) is 1. The largest absolute Gasteiger partial charge is 0.369 e. The van der Waals surface area contributed by atoms with Gasteiger partial charge >= 0.3 is 5.69 Å². The summed E-state index contributed by atoms with van der Waals surface area (Å²) in [6, 6.07) is 8.05. The summed E-state index contributed by atoms with van der Waals surface area (Å²) in [6.45, 7) is 7.80. The first-order chi connectivity index (χ1) is 11.7. The highest BCUT2D eigenvalue weighted by Crippen LogP contribution is 2.20. The molecule has 0 aliphatic carbocycles. The molecular weight excluding hydrogens is 326 g/mol. The predicted molar refractivity (Wildman–Crippen MR) is 96.9 cm³/mol. The van der Waals surface area contributed by atoms with Gasteiger partial charge in [-0.2, -0.15) is 5.10 Å². The number of hydrogen-bond acceptors (Lipinski definition) is 4. The molecule has 2 aromatic rings. The number of aryl methyl sites for hydroxylation is 1. The molecular formula is C17H24ClN5O. The summed E-state index contributed by atoms with van der Waals surface area (Å²) in [4.78, 5) is 16.4. The number of aromatic nitrogens is 3. The highest BCUT2D eigenvalue weighted by atomic mass is 35.5. The average molecular weight is 350 g/mol. The van der Waals surface area contributed by atoms with E-state index >= 15 is 0 Å². The van der Waals surface area contributed by atoms with Crippen molar-refractivity contribution < 1.29 is 0 Å². The van der Waals surface area contributed by atoms with E-state index in [4.69, 9.17) is 11.6 Å². The topological polar surface area (TPSA) is 57.2 Å². The Kier molecular flexibility index (Phi) is 5.58. The SMILES string of the molecule is CCn1c(CCCN2CCN(c3cccc(Cl)c3)CC2)n[nH]c1=O. The van der Waals surface area contributed by atoms with Gasteiger partial charge in [-0.3, -0.25) is 9.47 Å². The number of nitrogens with zero attached hydrogens (tertiary/aromatic N) is 4. The van der Waals surface area contributed by atoms with E-state index in [-0.39, 0.29) is 5.69 Å². The van der Waals surface area contributed by atoms with Crippen molar-refractivity contribution in [2.24, 2.45) is 0 Å². The van der Waals surface area contributed by atoms with Crippen LogP contribution in [0.5, 0.6) is 0 Å². The van der Waals surface area contributed by atoms with Crippen molar-refractivity contribution in [3.63, 3.8) is 0 Å². The van der Waals surface area contributed by atoms with Crippen molar-refractivity contribution in [3.05, 3.63) is 45.6 Å². The summed E-state index contributed by atoms with van der Waals surface area (Å²) in [7, 11) is 0. The van der Waals surface area contributed by atoms with Crippen LogP contribution in [-0.4, -0.2) is 52.4 Å². The summed E-state index contributed by atoms with van der Waals surface area (Å²) in [5.74, 6) is 0.861. The normalized spacial score (nSPS) is 15.8. The second-order valence-electron chi connectivity index (χ2n) is 6.10. The van der Waals surface area contributed by atoms with Crippen LogP contribution in [0.25, 0.3) is 0 Å². The van der Waals surface area contributed by atoms with Gasteiger partial charge in [-0.1, -0.05) is 17.7 Å². The molecule has 7 heteroatoms. The summed E-state index contributed by atoms with van der Waals surface area (Å²) in [5.41, 5.74) is 1.09. The van der Waals surface area contributed by atoms with E-state index in [0.29, 0.717) is 6.54 Å². The first kappa shape index (κ1) is 17.0. The fourth-order valence-electron chi connectivity index (χ4n) is 3.23. The minimum atomic E-state index is -0.109. The molecule has 1 fully saturated rings. The van der Waals surface area contributed by atoms with E-state index in [1.807, 2.05) is 25.1 Å². The van der Waals surface area contributed by atoms with Crippen LogP contribution in [0.1, 0.15) is 19.2 Å². The molecule has 1 N–H and O–H groups in total. The van der Waals surface area contributed by atoms with Crippen molar-refractivity contribution in [3.8, 4) is 0 Å². The molecule has 1 saturated heterocycles. The van der Waals surface area contributed by atoms with Crippen LogP contribution >= 0.6 is 11.6 Å². The first-order valence-corrected chi connectivity index (χ1v) is 8.92. The van der Waals surface area contributed by atoms with Gasteiger partial charge in [0.05, 0.1) is 0 Å². The Bertz CT molecular complexity index is 718. The smallest absolute Gasteiger partial charge is 0.343 e. The van der Waals surface area contributed by atoms with Gasteiger partial charge in [0, 0.05) is 49.9 Å². The summed E-state index contributed by atoms with van der Waals surface area (Å²) >= 11 is 6.08. The van der Waals surface area contributed by atoms with Gasteiger partial charge in [-0.05, 0) is 38.1 Å². The number of rotatable bonds is 6. The molecule has 0 spiro atoms. The van der Waals surface area contributed by atoms with Gasteiger partial charge in [0.15, 0.2) is 0 Å². The maximum atomic E-state index is 11.6. The molecule has 1 aromatic carbocycles. The molecule has 1 aliphatic heterocycles. The number of nitrogens with one attached hydrogen (secondary N) is 1.